The van der Waals surface area contributed by atoms with Gasteiger partial charge in [-0.15, -0.1) is 5.43 Å². The molecule has 0 radical (unpaired) electrons. The van der Waals surface area contributed by atoms with Crippen LogP contribution in [0.25, 0.3) is 0 Å². The highest BCUT2D eigenvalue weighted by atomic mass is 31.2. The second kappa shape index (κ2) is 6.58. The first kappa shape index (κ1) is 15.9. The molecule has 0 saturated carbocycles. The lowest BCUT2D eigenvalue weighted by molar-refractivity contribution is -0.151. The fourth-order valence-electron chi connectivity index (χ4n) is 0.665. The molecule has 0 aliphatic rings. The van der Waals surface area contributed by atoms with Crippen molar-refractivity contribution in [3.05, 3.63) is 30.3 Å². The van der Waals surface area contributed by atoms with Crippen LogP contribution in [0.5, 0.6) is 0 Å². The summed E-state index contributed by atoms with van der Waals surface area (Å²) in [6.45, 7) is 0. The van der Waals surface area contributed by atoms with Crippen LogP contribution in [0, 0.1) is 0 Å². The molecule has 1 aromatic rings. The third-order valence-corrected chi connectivity index (χ3v) is 1.12. The van der Waals surface area contributed by atoms with E-state index in [9.17, 15) is 13.2 Å². The van der Waals surface area contributed by atoms with Crippen LogP contribution in [0.4, 0.5) is 18.9 Å². The lowest BCUT2D eigenvalue weighted by atomic mass is 10.3. The molecule has 0 aliphatic heterocycles. The van der Waals surface area contributed by atoms with Gasteiger partial charge in [-0.3, -0.25) is 0 Å². The van der Waals surface area contributed by atoms with Crippen molar-refractivity contribution in [2.45, 2.75) is 6.30 Å². The number of hydrazine groups is 1. The van der Waals surface area contributed by atoms with Crippen LogP contribution in [0.2, 0.25) is 0 Å². The summed E-state index contributed by atoms with van der Waals surface area (Å²) in [7, 11) is -4.64. The molecule has 98 valence electrons. The molecule has 0 heterocycles. The van der Waals surface area contributed by atoms with Gasteiger partial charge in [0.1, 0.15) is 0 Å². The molecule has 1 aromatic carbocycles. The van der Waals surface area contributed by atoms with Crippen LogP contribution in [-0.4, -0.2) is 21.0 Å². The van der Waals surface area contributed by atoms with Gasteiger partial charge in [0.05, 0.1) is 0 Å². The molecule has 0 fully saturated rings. The minimum atomic E-state index is -4.64. The fourth-order valence-corrected chi connectivity index (χ4v) is 0.665. The molecule has 10 heteroatoms. The van der Waals surface area contributed by atoms with E-state index in [4.69, 9.17) is 19.2 Å². The largest absolute Gasteiger partial charge is 0.474 e. The summed E-state index contributed by atoms with van der Waals surface area (Å²) in [5, 5.41) is 0. The first-order valence-corrected chi connectivity index (χ1v) is 5.58. The summed E-state index contributed by atoms with van der Waals surface area (Å²) < 4.78 is 43.6. The van der Waals surface area contributed by atoms with Crippen molar-refractivity contribution in [1.29, 1.82) is 0 Å². The number of anilines is 1. The Morgan fingerprint density at radius 3 is 1.82 bits per heavy atom. The molecule has 0 bridgehead atoms. The van der Waals surface area contributed by atoms with Gasteiger partial charge in [0.2, 0.25) is 0 Å². The zero-order valence-corrected chi connectivity index (χ0v) is 9.11. The average Bonchev–Trinajstić information content (AvgIpc) is 2.13. The van der Waals surface area contributed by atoms with Crippen LogP contribution in [-0.2, 0) is 4.57 Å². The number of halogens is 3. The van der Waals surface area contributed by atoms with E-state index in [0.29, 0.717) is 5.69 Å². The minimum absolute atomic E-state index is 0.370. The fraction of sp³-hybridized carbons (Fsp3) is 0.143. The Hall–Kier alpha value is -1.12. The molecule has 6 nitrogen and oxygen atoms in total. The third kappa shape index (κ3) is 14.9. The molecule has 0 atom stereocenters. The van der Waals surface area contributed by atoms with Gasteiger partial charge in [-0.1, -0.05) is 18.2 Å². The average molecular weight is 274 g/mol. The van der Waals surface area contributed by atoms with Crippen LogP contribution >= 0.6 is 7.82 Å². The highest BCUT2D eigenvalue weighted by molar-refractivity contribution is 7.45. The van der Waals surface area contributed by atoms with Gasteiger partial charge in [-0.05, 0) is 12.1 Å². The van der Waals surface area contributed by atoms with Crippen LogP contribution in [0.1, 0.15) is 0 Å². The SMILES string of the molecule is FC(F)(F)NNc1ccccc1.O=P(O)(O)O. The van der Waals surface area contributed by atoms with Crippen molar-refractivity contribution in [2.75, 3.05) is 5.43 Å². The van der Waals surface area contributed by atoms with Crippen LogP contribution in [0.3, 0.4) is 0 Å². The molecule has 1 rings (SSSR count). The Labute approximate surface area is 94.3 Å². The second-order valence-corrected chi connectivity index (χ2v) is 3.65. The summed E-state index contributed by atoms with van der Waals surface area (Å²) in [6.07, 6.45) is -4.41. The highest BCUT2D eigenvalue weighted by Gasteiger charge is 2.26. The normalized spacial score (nSPS) is 11.4. The zero-order chi connectivity index (χ0) is 13.5. The number of hydrogen-bond donors (Lipinski definition) is 5. The van der Waals surface area contributed by atoms with E-state index < -0.39 is 14.1 Å². The summed E-state index contributed by atoms with van der Waals surface area (Å²) in [4.78, 5) is 21.6. The van der Waals surface area contributed by atoms with E-state index in [1.54, 1.807) is 18.2 Å². The van der Waals surface area contributed by atoms with Crippen molar-refractivity contribution in [3.8, 4) is 0 Å². The lowest BCUT2D eigenvalue weighted by Crippen LogP contribution is -2.36. The van der Waals surface area contributed by atoms with E-state index in [1.807, 2.05) is 5.43 Å². The van der Waals surface area contributed by atoms with Crippen LogP contribution < -0.4 is 10.9 Å². The van der Waals surface area contributed by atoms with Gasteiger partial charge in [0.25, 0.3) is 0 Å². The van der Waals surface area contributed by atoms with Gasteiger partial charge in [-0.2, -0.15) is 13.2 Å². The highest BCUT2D eigenvalue weighted by Crippen LogP contribution is 2.25. The van der Waals surface area contributed by atoms with Crippen molar-refractivity contribution in [1.82, 2.24) is 5.43 Å². The maximum absolute atomic E-state index is 11.6. The quantitative estimate of drug-likeness (QED) is 0.315. The Bertz CT molecular complexity index is 359. The number of rotatable bonds is 2. The first-order valence-electron chi connectivity index (χ1n) is 4.01. The van der Waals surface area contributed by atoms with Crippen molar-refractivity contribution in [2.24, 2.45) is 0 Å². The molecule has 0 unspecified atom stereocenters. The molecule has 17 heavy (non-hydrogen) atoms. The molecule has 0 aliphatic carbocycles. The minimum Gasteiger partial charge on any atom is -0.314 e. The van der Waals surface area contributed by atoms with E-state index in [-0.39, 0.29) is 0 Å². The summed E-state index contributed by atoms with van der Waals surface area (Å²) >= 11 is 0. The Balaban J connectivity index is 0.000000437. The topological polar surface area (TPSA) is 102 Å². The molecular formula is C7H10F3N2O4P. The maximum Gasteiger partial charge on any atom is 0.474 e. The van der Waals surface area contributed by atoms with E-state index in [2.05, 4.69) is 0 Å². The molecule has 0 amide bonds. The molecular weight excluding hydrogens is 264 g/mol. The number of phosphoric acid groups is 1. The van der Waals surface area contributed by atoms with E-state index in [0.717, 1.165) is 0 Å². The van der Waals surface area contributed by atoms with Gasteiger partial charge in [-0.25, -0.2) is 4.57 Å². The third-order valence-electron chi connectivity index (χ3n) is 1.12. The van der Waals surface area contributed by atoms with Gasteiger partial charge in [0, 0.05) is 5.69 Å². The second-order valence-electron chi connectivity index (χ2n) is 2.63. The molecule has 0 spiro atoms. The van der Waals surface area contributed by atoms with E-state index in [1.165, 1.54) is 17.6 Å². The number of para-hydroxylation sites is 1. The molecule has 0 aromatic heterocycles. The zero-order valence-electron chi connectivity index (χ0n) is 8.22. The first-order chi connectivity index (χ1) is 7.58. The number of benzene rings is 1. The predicted octanol–water partition coefficient (Wildman–Crippen LogP) is 1.19. The summed E-state index contributed by atoms with van der Waals surface area (Å²) in [5.41, 5.74) is 3.57. The van der Waals surface area contributed by atoms with Crippen molar-refractivity contribution >= 4 is 13.5 Å². The molecule has 0 saturated heterocycles. The van der Waals surface area contributed by atoms with Gasteiger partial charge in [0.15, 0.2) is 0 Å². The lowest BCUT2D eigenvalue weighted by Gasteiger charge is -2.10. The Morgan fingerprint density at radius 1 is 1.06 bits per heavy atom. The summed E-state index contributed by atoms with van der Waals surface area (Å²) in [6, 6.07) is 8.05. The smallest absolute Gasteiger partial charge is 0.314 e. The number of nitrogens with one attached hydrogen (secondary N) is 2. The predicted molar refractivity (Wildman–Crippen MR) is 53.5 cm³/mol. The monoisotopic (exact) mass is 274 g/mol. The van der Waals surface area contributed by atoms with Gasteiger partial charge >= 0.3 is 14.1 Å². The number of hydrogen-bond acceptors (Lipinski definition) is 3. The standard InChI is InChI=1S/C7H7F3N2.H3O4P/c8-7(9,10)12-11-6-4-2-1-3-5-6;1-5(2,3)4/h1-5,11-12H;(H3,1,2,3,4). The maximum atomic E-state index is 11.6. The van der Waals surface area contributed by atoms with Crippen molar-refractivity contribution < 1.29 is 32.4 Å². The number of alkyl halides is 3. The van der Waals surface area contributed by atoms with Crippen LogP contribution in [0.15, 0.2) is 30.3 Å². The Morgan fingerprint density at radius 2 is 1.47 bits per heavy atom. The van der Waals surface area contributed by atoms with E-state index >= 15 is 0 Å². The van der Waals surface area contributed by atoms with Crippen molar-refractivity contribution in [3.63, 3.8) is 0 Å². The molecule has 5 N–H and O–H groups in total. The summed E-state index contributed by atoms with van der Waals surface area (Å²) in [5.74, 6) is 0. The van der Waals surface area contributed by atoms with Gasteiger partial charge < -0.3 is 20.1 Å². The Kier molecular flexibility index (Phi) is 6.14.